The van der Waals surface area contributed by atoms with E-state index in [4.69, 9.17) is 19.3 Å². The van der Waals surface area contributed by atoms with Gasteiger partial charge in [-0.15, -0.1) is 0 Å². The Morgan fingerprint density at radius 2 is 0.961 bits per heavy atom. The largest absolute Gasteiger partial charge is 0.469 e. The third kappa shape index (κ3) is 20.0. The van der Waals surface area contributed by atoms with E-state index in [9.17, 15) is 19.2 Å². The third-order valence-electron chi connectivity index (χ3n) is 10.5. The zero-order chi connectivity index (χ0) is 41.1. The van der Waals surface area contributed by atoms with Crippen LogP contribution in [0.2, 0.25) is 0 Å². The van der Waals surface area contributed by atoms with Crippen LogP contribution in [0.15, 0.2) is 0 Å². The van der Waals surface area contributed by atoms with Crippen molar-refractivity contribution in [2.24, 2.45) is 21.7 Å². The minimum atomic E-state index is -0.421. The highest BCUT2D eigenvalue weighted by molar-refractivity contribution is 5.77. The Bertz CT molecular complexity index is 1010. The quantitative estimate of drug-likeness (QED) is 0.105. The maximum Gasteiger partial charge on any atom is 0.311 e. The zero-order valence-electron chi connectivity index (χ0n) is 36.5. The summed E-state index contributed by atoms with van der Waals surface area (Å²) in [7, 11) is 3.58. The van der Waals surface area contributed by atoms with Gasteiger partial charge in [-0.2, -0.15) is 0 Å². The number of likely N-dealkylation sites (tertiary alicyclic amines) is 1. The number of ether oxygens (including phenoxy) is 4. The molecule has 10 heteroatoms. The highest BCUT2D eigenvalue weighted by Gasteiger charge is 2.45. The van der Waals surface area contributed by atoms with Gasteiger partial charge in [0.2, 0.25) is 0 Å². The molecule has 51 heavy (non-hydrogen) atoms. The molecule has 1 saturated heterocycles. The number of hydrogen-bond donors (Lipinski definition) is 1. The van der Waals surface area contributed by atoms with E-state index >= 15 is 0 Å². The van der Waals surface area contributed by atoms with Crippen molar-refractivity contribution in [3.05, 3.63) is 0 Å². The van der Waals surface area contributed by atoms with Gasteiger partial charge in [0.1, 0.15) is 12.7 Å². The van der Waals surface area contributed by atoms with Crippen molar-refractivity contribution < 1.29 is 43.2 Å². The summed E-state index contributed by atoms with van der Waals surface area (Å²) in [5.74, 6) is -0.506. The van der Waals surface area contributed by atoms with E-state index in [0.717, 1.165) is 51.4 Å². The molecule has 1 aliphatic heterocycles. The standard InChI is InChI=1S/C16H31NO2.C10H20O2.C8H16O3.C7H14O2/c1-9-14(2,3)13(18)19-12-10-15(4,5)17(8)16(6,7)11-12;1-5-7-8-12-9(11)10(3,4)6-2;1-4-8(2,3)7(10)11-6-5-9;1-5-7(2,3)6(8)9-4/h12H,9-11H2,1-8H3;5-8H2,1-4H3;9H,4-6H2,1-3H3;5H2,1-4H3. The topological polar surface area (TPSA) is 129 Å². The smallest absolute Gasteiger partial charge is 0.311 e. The molecule has 1 heterocycles. The van der Waals surface area contributed by atoms with Crippen molar-refractivity contribution in [1.29, 1.82) is 0 Å². The summed E-state index contributed by atoms with van der Waals surface area (Å²) in [5, 5.41) is 8.38. The van der Waals surface area contributed by atoms with E-state index in [1.807, 2.05) is 83.1 Å². The maximum atomic E-state index is 12.2. The molecular formula is C41H81NO9. The molecule has 0 amide bonds. The lowest BCUT2D eigenvalue weighted by atomic mass is 9.78. The first-order valence-electron chi connectivity index (χ1n) is 19.0. The lowest BCUT2D eigenvalue weighted by molar-refractivity contribution is -0.169. The molecule has 0 aromatic carbocycles. The molecule has 0 bridgehead atoms. The first-order valence-corrected chi connectivity index (χ1v) is 19.0. The number of esters is 4. The molecule has 10 nitrogen and oxygen atoms in total. The van der Waals surface area contributed by atoms with E-state index in [2.05, 4.69) is 51.3 Å². The van der Waals surface area contributed by atoms with Crippen molar-refractivity contribution in [3.63, 3.8) is 0 Å². The number of nitrogens with zero attached hydrogens (tertiary/aromatic N) is 1. The fourth-order valence-electron chi connectivity index (χ4n) is 4.37. The van der Waals surface area contributed by atoms with Crippen LogP contribution in [-0.2, 0) is 38.1 Å². The van der Waals surface area contributed by atoms with E-state index in [1.54, 1.807) is 0 Å². The molecular weight excluding hydrogens is 650 g/mol. The summed E-state index contributed by atoms with van der Waals surface area (Å²) < 4.78 is 20.2. The van der Waals surface area contributed by atoms with Gasteiger partial charge in [-0.25, -0.2) is 0 Å². The summed E-state index contributed by atoms with van der Waals surface area (Å²) in [6.45, 7) is 34.6. The maximum absolute atomic E-state index is 12.2. The first kappa shape index (κ1) is 53.2. The molecule has 0 radical (unpaired) electrons. The molecule has 1 rings (SSSR count). The number of hydrogen-bond acceptors (Lipinski definition) is 10. The minimum absolute atomic E-state index is 0.0273. The van der Waals surface area contributed by atoms with Gasteiger partial charge in [-0.05, 0) is 122 Å². The van der Waals surface area contributed by atoms with Gasteiger partial charge < -0.3 is 24.1 Å². The SMILES string of the molecule is CCC(C)(C)C(=O)OC.CCC(C)(C)C(=O)OC1CC(C)(C)N(C)C(C)(C)C1.CCC(C)(C)C(=O)OCCO.CCCCOC(=O)C(C)(C)CC. The molecule has 0 aliphatic carbocycles. The molecule has 0 unspecified atom stereocenters. The van der Waals surface area contributed by atoms with Crippen LogP contribution in [0, 0.1) is 21.7 Å². The number of carbonyl (C=O) groups is 4. The normalized spacial score (nSPS) is 16.1. The molecule has 0 atom stereocenters. The van der Waals surface area contributed by atoms with Gasteiger partial charge in [-0.3, -0.25) is 24.1 Å². The number of methoxy groups -OCH3 is 1. The van der Waals surface area contributed by atoms with Crippen molar-refractivity contribution in [2.75, 3.05) is 34.0 Å². The Morgan fingerprint density at radius 3 is 1.25 bits per heavy atom. The average Bonchev–Trinajstić information content (AvgIpc) is 3.06. The molecule has 1 N–H and O–H groups in total. The Labute approximate surface area is 313 Å². The second-order valence-electron chi connectivity index (χ2n) is 17.4. The van der Waals surface area contributed by atoms with E-state index in [-0.39, 0.29) is 70.5 Å². The van der Waals surface area contributed by atoms with Gasteiger partial charge >= 0.3 is 23.9 Å². The number of rotatable bonds is 14. The van der Waals surface area contributed by atoms with E-state index in [0.29, 0.717) is 6.61 Å². The van der Waals surface area contributed by atoms with Gasteiger partial charge in [-0.1, -0.05) is 41.0 Å². The molecule has 0 aromatic rings. The number of aliphatic hydroxyl groups is 1. The fourth-order valence-corrected chi connectivity index (χ4v) is 4.37. The van der Waals surface area contributed by atoms with Crippen molar-refractivity contribution in [3.8, 4) is 0 Å². The van der Waals surface area contributed by atoms with E-state index < -0.39 is 5.41 Å². The lowest BCUT2D eigenvalue weighted by Crippen LogP contribution is -2.60. The summed E-state index contributed by atoms with van der Waals surface area (Å²) in [4.78, 5) is 47.9. The Balaban J connectivity index is -0.000000632. The molecule has 1 fully saturated rings. The zero-order valence-corrected chi connectivity index (χ0v) is 36.5. The van der Waals surface area contributed by atoms with Crippen molar-refractivity contribution in [1.82, 2.24) is 4.90 Å². The third-order valence-corrected chi connectivity index (χ3v) is 10.5. The molecule has 0 aromatic heterocycles. The van der Waals surface area contributed by atoms with Crippen LogP contribution in [0.25, 0.3) is 0 Å². The molecule has 0 spiro atoms. The van der Waals surface area contributed by atoms with Crippen LogP contribution in [0.5, 0.6) is 0 Å². The second-order valence-corrected chi connectivity index (χ2v) is 17.4. The monoisotopic (exact) mass is 732 g/mol. The lowest BCUT2D eigenvalue weighted by Gasteiger charge is -2.53. The highest BCUT2D eigenvalue weighted by Crippen LogP contribution is 2.39. The molecule has 304 valence electrons. The summed E-state index contributed by atoms with van der Waals surface area (Å²) >= 11 is 0. The van der Waals surface area contributed by atoms with Crippen LogP contribution < -0.4 is 0 Å². The predicted molar refractivity (Wildman–Crippen MR) is 207 cm³/mol. The first-order chi connectivity index (χ1) is 23.0. The number of piperidine rings is 1. The van der Waals surface area contributed by atoms with Crippen LogP contribution in [0.3, 0.4) is 0 Å². The Kier molecular flexibility index (Phi) is 24.5. The fraction of sp³-hybridized carbons (Fsp3) is 0.902. The summed E-state index contributed by atoms with van der Waals surface area (Å²) in [5.41, 5.74) is -1.30. The highest BCUT2D eigenvalue weighted by atomic mass is 16.6. The predicted octanol–water partition coefficient (Wildman–Crippen LogP) is 8.94. The van der Waals surface area contributed by atoms with Gasteiger partial charge in [0.05, 0.1) is 42.0 Å². The van der Waals surface area contributed by atoms with Crippen molar-refractivity contribution in [2.45, 2.75) is 186 Å². The minimum Gasteiger partial charge on any atom is -0.469 e. The van der Waals surface area contributed by atoms with Crippen LogP contribution in [-0.4, -0.2) is 85.0 Å². The summed E-state index contributed by atoms with van der Waals surface area (Å²) in [6, 6.07) is 0. The van der Waals surface area contributed by atoms with Crippen LogP contribution in [0.4, 0.5) is 0 Å². The molecule has 1 aliphatic rings. The van der Waals surface area contributed by atoms with Gasteiger partial charge in [0.15, 0.2) is 0 Å². The molecule has 0 saturated carbocycles. The number of carbonyl (C=O) groups excluding carboxylic acids is 4. The van der Waals surface area contributed by atoms with E-state index in [1.165, 1.54) is 7.11 Å². The van der Waals surface area contributed by atoms with Crippen LogP contribution >= 0.6 is 0 Å². The van der Waals surface area contributed by atoms with Gasteiger partial charge in [0.25, 0.3) is 0 Å². The van der Waals surface area contributed by atoms with Crippen LogP contribution in [0.1, 0.15) is 169 Å². The second kappa shape index (κ2) is 23.5. The van der Waals surface area contributed by atoms with Crippen molar-refractivity contribution >= 4 is 23.9 Å². The number of aliphatic hydroxyl groups excluding tert-OH is 1. The Hall–Kier alpha value is -2.20. The Morgan fingerprint density at radius 1 is 0.627 bits per heavy atom. The number of unbranched alkanes of at least 4 members (excludes halogenated alkanes) is 1. The summed E-state index contributed by atoms with van der Waals surface area (Å²) in [6.07, 6.45) is 7.07. The van der Waals surface area contributed by atoms with Gasteiger partial charge in [0, 0.05) is 23.9 Å². The average molecular weight is 732 g/mol.